The predicted octanol–water partition coefficient (Wildman–Crippen LogP) is 6.32. The van der Waals surface area contributed by atoms with Gasteiger partial charge in [-0.2, -0.15) is 13.2 Å². The van der Waals surface area contributed by atoms with Gasteiger partial charge in [0.15, 0.2) is 5.60 Å². The second kappa shape index (κ2) is 9.40. The zero-order chi connectivity index (χ0) is 25.1. The molecule has 0 radical (unpaired) electrons. The van der Waals surface area contributed by atoms with Gasteiger partial charge in [-0.15, -0.1) is 0 Å². The fraction of sp³-hybridized carbons (Fsp3) is 0.214. The molecule has 1 aliphatic heterocycles. The highest BCUT2D eigenvalue weighted by molar-refractivity contribution is 5.58. The number of methoxy groups -OCH3 is 2. The molecule has 1 fully saturated rings. The Labute approximate surface area is 201 Å². The van der Waals surface area contributed by atoms with E-state index in [1.807, 2.05) is 0 Å². The minimum atomic E-state index is -4.88. The van der Waals surface area contributed by atoms with Crippen LogP contribution in [-0.2, 0) is 15.3 Å². The number of rotatable bonds is 4. The number of benzene rings is 3. The van der Waals surface area contributed by atoms with Gasteiger partial charge in [0.05, 0.1) is 14.2 Å². The predicted molar refractivity (Wildman–Crippen MR) is 126 cm³/mol. The third-order valence-electron chi connectivity index (χ3n) is 5.55. The Hall–Kier alpha value is -3.89. The van der Waals surface area contributed by atoms with Gasteiger partial charge in [0.25, 0.3) is 0 Å². The maximum atomic E-state index is 14.5. The quantitative estimate of drug-likeness (QED) is 0.410. The second-order valence-corrected chi connectivity index (χ2v) is 7.98. The Morgan fingerprint density at radius 2 is 1.40 bits per heavy atom. The fourth-order valence-corrected chi connectivity index (χ4v) is 3.64. The number of ether oxygens (including phenoxy) is 4. The summed E-state index contributed by atoms with van der Waals surface area (Å²) in [6, 6.07) is 21.0. The minimum Gasteiger partial charge on any atom is -0.497 e. The Kier molecular flexibility index (Phi) is 6.51. The molecule has 1 heterocycles. The Morgan fingerprint density at radius 1 is 0.829 bits per heavy atom. The number of hydrogen-bond donors (Lipinski definition) is 0. The van der Waals surface area contributed by atoms with Crippen LogP contribution < -0.4 is 9.47 Å². The van der Waals surface area contributed by atoms with Gasteiger partial charge in [-0.3, -0.25) is 0 Å². The van der Waals surface area contributed by atoms with E-state index < -0.39 is 17.6 Å². The van der Waals surface area contributed by atoms with Crippen molar-refractivity contribution in [1.29, 1.82) is 0 Å². The number of halogens is 3. The smallest absolute Gasteiger partial charge is 0.460 e. The summed E-state index contributed by atoms with van der Waals surface area (Å²) in [5, 5.41) is 0. The van der Waals surface area contributed by atoms with Crippen molar-refractivity contribution in [2.24, 2.45) is 0 Å². The Morgan fingerprint density at radius 3 is 1.94 bits per heavy atom. The van der Waals surface area contributed by atoms with E-state index in [4.69, 9.17) is 18.9 Å². The summed E-state index contributed by atoms with van der Waals surface area (Å²) in [5.41, 5.74) is -0.690. The van der Waals surface area contributed by atoms with Crippen LogP contribution in [0.4, 0.5) is 13.2 Å². The van der Waals surface area contributed by atoms with Crippen LogP contribution in [0.3, 0.4) is 0 Å². The highest BCUT2D eigenvalue weighted by Crippen LogP contribution is 2.54. The minimum absolute atomic E-state index is 0.0649. The first-order valence-corrected chi connectivity index (χ1v) is 10.7. The molecule has 0 amide bonds. The molecule has 4 rings (SSSR count). The number of hydrogen-bond acceptors (Lipinski definition) is 4. The van der Waals surface area contributed by atoms with Gasteiger partial charge < -0.3 is 18.9 Å². The van der Waals surface area contributed by atoms with Gasteiger partial charge >= 0.3 is 12.0 Å². The van der Waals surface area contributed by atoms with Gasteiger partial charge in [0, 0.05) is 11.1 Å². The van der Waals surface area contributed by atoms with Crippen molar-refractivity contribution in [2.45, 2.75) is 24.5 Å². The molecule has 0 N–H and O–H groups in total. The molecule has 0 aliphatic carbocycles. The average Bonchev–Trinajstić information content (AvgIpc) is 3.17. The van der Waals surface area contributed by atoms with Crippen molar-refractivity contribution in [1.82, 2.24) is 0 Å². The lowest BCUT2D eigenvalue weighted by molar-refractivity contribution is -0.357. The van der Waals surface area contributed by atoms with E-state index in [2.05, 4.69) is 11.8 Å². The zero-order valence-electron chi connectivity index (χ0n) is 19.3. The highest BCUT2D eigenvalue weighted by atomic mass is 19.4. The molecule has 0 bridgehead atoms. The molecule has 1 saturated heterocycles. The van der Waals surface area contributed by atoms with Gasteiger partial charge in [-0.25, -0.2) is 0 Å². The van der Waals surface area contributed by atoms with E-state index in [9.17, 15) is 13.2 Å². The molecular weight excluding hydrogens is 457 g/mol. The zero-order valence-corrected chi connectivity index (χ0v) is 19.3. The van der Waals surface area contributed by atoms with Crippen LogP contribution in [0.25, 0.3) is 6.08 Å². The van der Waals surface area contributed by atoms with Crippen LogP contribution in [0.2, 0.25) is 0 Å². The van der Waals surface area contributed by atoms with Gasteiger partial charge in [-0.05, 0) is 55.0 Å². The van der Waals surface area contributed by atoms with Gasteiger partial charge in [0.2, 0.25) is 0 Å². The maximum Gasteiger partial charge on any atom is 0.460 e. The van der Waals surface area contributed by atoms with Gasteiger partial charge in [0.1, 0.15) is 17.3 Å². The van der Waals surface area contributed by atoms with Gasteiger partial charge in [-0.1, -0.05) is 54.3 Å². The molecule has 0 spiro atoms. The van der Waals surface area contributed by atoms with E-state index in [1.54, 1.807) is 61.7 Å². The molecule has 2 atom stereocenters. The second-order valence-electron chi connectivity index (χ2n) is 7.98. The van der Waals surface area contributed by atoms with Crippen LogP contribution in [0, 0.1) is 11.8 Å². The molecule has 180 valence electrons. The molecule has 7 heteroatoms. The molecule has 1 aliphatic rings. The molecule has 3 aromatic carbocycles. The number of alkyl halides is 3. The summed E-state index contributed by atoms with van der Waals surface area (Å²) in [7, 11) is 3.08. The van der Waals surface area contributed by atoms with Crippen molar-refractivity contribution in [2.75, 3.05) is 14.2 Å². The van der Waals surface area contributed by atoms with E-state index in [0.29, 0.717) is 22.6 Å². The third-order valence-corrected chi connectivity index (χ3v) is 5.55. The first-order valence-electron chi connectivity index (χ1n) is 10.7. The van der Waals surface area contributed by atoms with E-state index >= 15 is 0 Å². The molecule has 3 aromatic rings. The van der Waals surface area contributed by atoms with E-state index in [1.165, 1.54) is 44.4 Å². The fourth-order valence-electron chi connectivity index (χ4n) is 3.64. The Bertz CT molecular complexity index is 1260. The van der Waals surface area contributed by atoms with Crippen LogP contribution >= 0.6 is 0 Å². The first kappa shape index (κ1) is 24.2. The van der Waals surface area contributed by atoms with Crippen molar-refractivity contribution in [3.8, 4) is 23.3 Å². The lowest BCUT2D eigenvalue weighted by atomic mass is 10.0. The largest absolute Gasteiger partial charge is 0.497 e. The van der Waals surface area contributed by atoms with Crippen LogP contribution in [-0.4, -0.2) is 26.0 Å². The standard InChI is InChI=1S/C28H23F3O4/c1-26(18-17-20-9-13-23(32-2)14-10-20)25(19-21-11-15-24(33-3)16-12-21)34-27(35-26,28(29,30)31)22-7-5-4-6-8-22/h4-16,19H,1-3H3/b25-19-. The summed E-state index contributed by atoms with van der Waals surface area (Å²) in [5.74, 6) is 3.96. The third kappa shape index (κ3) is 4.84. The summed E-state index contributed by atoms with van der Waals surface area (Å²) in [6.07, 6.45) is -3.38. The average molecular weight is 480 g/mol. The maximum absolute atomic E-state index is 14.5. The normalized spacial score (nSPS) is 22.7. The van der Waals surface area contributed by atoms with Crippen molar-refractivity contribution < 1.29 is 32.1 Å². The van der Waals surface area contributed by atoms with Crippen LogP contribution in [0.5, 0.6) is 11.5 Å². The molecular formula is C28H23F3O4. The molecule has 0 aromatic heterocycles. The monoisotopic (exact) mass is 480 g/mol. The van der Waals surface area contributed by atoms with Crippen molar-refractivity contribution in [3.63, 3.8) is 0 Å². The van der Waals surface area contributed by atoms with Crippen LogP contribution in [0.1, 0.15) is 23.6 Å². The Balaban J connectivity index is 1.83. The topological polar surface area (TPSA) is 36.9 Å². The highest BCUT2D eigenvalue weighted by Gasteiger charge is 2.68. The summed E-state index contributed by atoms with van der Waals surface area (Å²) < 4.78 is 65.4. The molecule has 4 nitrogen and oxygen atoms in total. The molecule has 2 unspecified atom stereocenters. The van der Waals surface area contributed by atoms with Crippen molar-refractivity contribution in [3.05, 3.63) is 101 Å². The summed E-state index contributed by atoms with van der Waals surface area (Å²) >= 11 is 0. The van der Waals surface area contributed by atoms with E-state index in [-0.39, 0.29) is 11.3 Å². The SMILES string of the molecule is COc1ccc(C#CC2(C)OC(c3ccccc3)(C(F)(F)F)O/C2=C\c2ccc(OC)cc2)cc1. The van der Waals surface area contributed by atoms with Crippen molar-refractivity contribution >= 4 is 6.08 Å². The van der Waals surface area contributed by atoms with E-state index in [0.717, 1.165) is 0 Å². The lowest BCUT2D eigenvalue weighted by Crippen LogP contribution is -2.45. The molecule has 35 heavy (non-hydrogen) atoms. The first-order chi connectivity index (χ1) is 16.7. The summed E-state index contributed by atoms with van der Waals surface area (Å²) in [6.45, 7) is 1.47. The van der Waals surface area contributed by atoms with Crippen LogP contribution in [0.15, 0.2) is 84.6 Å². The lowest BCUT2D eigenvalue weighted by Gasteiger charge is -2.30. The summed E-state index contributed by atoms with van der Waals surface area (Å²) in [4.78, 5) is 0. The molecule has 0 saturated carbocycles.